The van der Waals surface area contributed by atoms with Gasteiger partial charge in [-0.05, 0) is 71.8 Å². The number of rotatable bonds is 4. The standard InChI is InChI=1S/C31H17F6N3O/c1-41-23-9-7-22(8-10-23)40-28-5-3-2-4-24(28)25-14-18(6-11-29(25)40)26(16-38)27(17-39)19-12-20(30(32,33)34)15-21(13-19)31(35,36)37/h2-15H,1H3/b27-26-. The van der Waals surface area contributed by atoms with Gasteiger partial charge in [-0.2, -0.15) is 36.9 Å². The largest absolute Gasteiger partial charge is 0.497 e. The number of hydrogen-bond donors (Lipinski definition) is 0. The molecule has 0 spiro atoms. The van der Waals surface area contributed by atoms with Crippen LogP contribution in [-0.4, -0.2) is 11.7 Å². The second-order valence-electron chi connectivity index (χ2n) is 9.05. The Balaban J connectivity index is 1.76. The van der Waals surface area contributed by atoms with Crippen LogP contribution in [0.5, 0.6) is 5.75 Å². The van der Waals surface area contributed by atoms with E-state index in [4.69, 9.17) is 4.74 Å². The second kappa shape index (κ2) is 10.1. The molecule has 0 bridgehead atoms. The van der Waals surface area contributed by atoms with Gasteiger partial charge in [0.25, 0.3) is 0 Å². The lowest BCUT2D eigenvalue weighted by molar-refractivity contribution is -0.143. The fraction of sp³-hybridized carbons (Fsp3) is 0.0968. The van der Waals surface area contributed by atoms with Gasteiger partial charge < -0.3 is 9.30 Å². The highest BCUT2D eigenvalue weighted by molar-refractivity contribution is 6.12. The topological polar surface area (TPSA) is 61.7 Å². The monoisotopic (exact) mass is 561 g/mol. The first-order valence-corrected chi connectivity index (χ1v) is 12.0. The summed E-state index contributed by atoms with van der Waals surface area (Å²) in [5.74, 6) is 0.660. The highest BCUT2D eigenvalue weighted by atomic mass is 19.4. The number of para-hydroxylation sites is 1. The molecule has 1 heterocycles. The Bertz CT molecular complexity index is 1890. The Morgan fingerprint density at radius 3 is 1.78 bits per heavy atom. The molecule has 0 amide bonds. The van der Waals surface area contributed by atoms with Crippen LogP contribution in [0.25, 0.3) is 38.6 Å². The van der Waals surface area contributed by atoms with E-state index in [1.54, 1.807) is 37.4 Å². The van der Waals surface area contributed by atoms with Gasteiger partial charge in [0.2, 0.25) is 0 Å². The number of methoxy groups -OCH3 is 1. The molecule has 0 saturated heterocycles. The van der Waals surface area contributed by atoms with Crippen molar-refractivity contribution in [2.24, 2.45) is 0 Å². The van der Waals surface area contributed by atoms with Crippen molar-refractivity contribution in [1.82, 2.24) is 4.57 Å². The molecule has 0 N–H and O–H groups in total. The van der Waals surface area contributed by atoms with Gasteiger partial charge in [-0.15, -0.1) is 0 Å². The predicted molar refractivity (Wildman–Crippen MR) is 142 cm³/mol. The fourth-order valence-electron chi connectivity index (χ4n) is 4.77. The summed E-state index contributed by atoms with van der Waals surface area (Å²) in [5.41, 5.74) is -2.26. The summed E-state index contributed by atoms with van der Waals surface area (Å²) >= 11 is 0. The molecule has 4 nitrogen and oxygen atoms in total. The van der Waals surface area contributed by atoms with Gasteiger partial charge in [0.05, 0.1) is 40.4 Å². The van der Waals surface area contributed by atoms with E-state index in [0.717, 1.165) is 22.1 Å². The van der Waals surface area contributed by atoms with Crippen LogP contribution in [0.3, 0.4) is 0 Å². The van der Waals surface area contributed by atoms with Gasteiger partial charge in [0.1, 0.15) is 17.9 Å². The molecular formula is C31H17F6N3O. The Labute approximate surface area is 229 Å². The molecule has 0 saturated carbocycles. The summed E-state index contributed by atoms with van der Waals surface area (Å²) in [7, 11) is 1.55. The number of halogens is 6. The Morgan fingerprint density at radius 2 is 1.22 bits per heavy atom. The molecule has 0 unspecified atom stereocenters. The average Bonchev–Trinajstić information content (AvgIpc) is 3.28. The minimum Gasteiger partial charge on any atom is -0.497 e. The first kappa shape index (κ1) is 27.4. The third kappa shape index (κ3) is 4.96. The molecule has 10 heteroatoms. The lowest BCUT2D eigenvalue weighted by Crippen LogP contribution is -2.11. The Hall–Kier alpha value is -5.22. The second-order valence-corrected chi connectivity index (χ2v) is 9.05. The predicted octanol–water partition coefficient (Wildman–Crippen LogP) is 8.79. The molecule has 4 aromatic carbocycles. The maximum atomic E-state index is 13.5. The first-order chi connectivity index (χ1) is 19.5. The van der Waals surface area contributed by atoms with E-state index in [1.807, 2.05) is 47.0 Å². The first-order valence-electron chi connectivity index (χ1n) is 12.0. The highest BCUT2D eigenvalue weighted by Crippen LogP contribution is 2.40. The maximum Gasteiger partial charge on any atom is 0.416 e. The van der Waals surface area contributed by atoms with Crippen LogP contribution in [-0.2, 0) is 12.4 Å². The lowest BCUT2D eigenvalue weighted by atomic mass is 9.93. The van der Waals surface area contributed by atoms with E-state index in [9.17, 15) is 36.9 Å². The number of benzene rings is 4. The molecule has 0 radical (unpaired) electrons. The molecule has 5 rings (SSSR count). The zero-order valence-corrected chi connectivity index (χ0v) is 21.1. The maximum absolute atomic E-state index is 13.5. The number of allylic oxidation sites excluding steroid dienone is 2. The summed E-state index contributed by atoms with van der Waals surface area (Å²) in [6.45, 7) is 0. The normalized spacial score (nSPS) is 12.6. The molecule has 204 valence electrons. The van der Waals surface area contributed by atoms with Crippen molar-refractivity contribution in [1.29, 1.82) is 10.5 Å². The number of nitrogens with zero attached hydrogens (tertiary/aromatic N) is 3. The Kier molecular flexibility index (Phi) is 6.72. The van der Waals surface area contributed by atoms with Crippen LogP contribution in [0.2, 0.25) is 0 Å². The van der Waals surface area contributed by atoms with Crippen molar-refractivity contribution in [2.75, 3.05) is 7.11 Å². The van der Waals surface area contributed by atoms with E-state index in [2.05, 4.69) is 0 Å². The fourth-order valence-corrected chi connectivity index (χ4v) is 4.77. The quantitative estimate of drug-likeness (QED) is 0.125. The van der Waals surface area contributed by atoms with Crippen LogP contribution in [0.1, 0.15) is 22.3 Å². The average molecular weight is 561 g/mol. The van der Waals surface area contributed by atoms with E-state index in [0.29, 0.717) is 23.3 Å². The molecule has 0 fully saturated rings. The molecule has 1 aromatic heterocycles. The summed E-state index contributed by atoms with van der Waals surface area (Å²) in [6, 6.07) is 23.9. The minimum atomic E-state index is -5.11. The summed E-state index contributed by atoms with van der Waals surface area (Å²) in [6.07, 6.45) is -10.2. The number of alkyl halides is 6. The summed E-state index contributed by atoms with van der Waals surface area (Å²) in [5, 5.41) is 21.3. The van der Waals surface area contributed by atoms with Crippen LogP contribution in [0.4, 0.5) is 26.3 Å². The smallest absolute Gasteiger partial charge is 0.416 e. The molecule has 0 aliphatic carbocycles. The van der Waals surface area contributed by atoms with Crippen molar-refractivity contribution in [3.05, 3.63) is 107 Å². The SMILES string of the molecule is COc1ccc(-n2c3ccccc3c3cc(/C(C#N)=C(/C#N)c4cc(C(F)(F)F)cc(C(F)(F)F)c4)ccc32)cc1. The van der Waals surface area contributed by atoms with Gasteiger partial charge in [-0.3, -0.25) is 0 Å². The van der Waals surface area contributed by atoms with E-state index in [1.165, 1.54) is 6.07 Å². The molecule has 0 aliphatic heterocycles. The summed E-state index contributed by atoms with van der Waals surface area (Å²) in [4.78, 5) is 0. The molecule has 0 aliphatic rings. The van der Waals surface area contributed by atoms with Crippen LogP contribution >= 0.6 is 0 Å². The van der Waals surface area contributed by atoms with Crippen molar-refractivity contribution >= 4 is 33.0 Å². The zero-order valence-electron chi connectivity index (χ0n) is 21.1. The van der Waals surface area contributed by atoms with Crippen molar-refractivity contribution in [3.8, 4) is 23.6 Å². The van der Waals surface area contributed by atoms with Crippen LogP contribution < -0.4 is 4.74 Å². The molecule has 0 atom stereocenters. The number of nitriles is 2. The van der Waals surface area contributed by atoms with Crippen molar-refractivity contribution < 1.29 is 31.1 Å². The van der Waals surface area contributed by atoms with Gasteiger partial charge in [-0.1, -0.05) is 24.3 Å². The molecule has 5 aromatic rings. The highest BCUT2D eigenvalue weighted by Gasteiger charge is 2.37. The van der Waals surface area contributed by atoms with Crippen LogP contribution in [0, 0.1) is 22.7 Å². The zero-order chi connectivity index (χ0) is 29.5. The molecule has 41 heavy (non-hydrogen) atoms. The van der Waals surface area contributed by atoms with Gasteiger partial charge >= 0.3 is 12.4 Å². The molecular weight excluding hydrogens is 544 g/mol. The van der Waals surface area contributed by atoms with Gasteiger partial charge in [-0.25, -0.2) is 0 Å². The van der Waals surface area contributed by atoms with Gasteiger partial charge in [0, 0.05) is 16.5 Å². The summed E-state index contributed by atoms with van der Waals surface area (Å²) < 4.78 is 88.1. The van der Waals surface area contributed by atoms with Gasteiger partial charge in [0.15, 0.2) is 0 Å². The Morgan fingerprint density at radius 1 is 0.659 bits per heavy atom. The van der Waals surface area contributed by atoms with Crippen LogP contribution in [0.15, 0.2) is 84.9 Å². The number of hydrogen-bond acceptors (Lipinski definition) is 3. The lowest BCUT2D eigenvalue weighted by Gasteiger charge is -2.14. The number of ether oxygens (including phenoxy) is 1. The third-order valence-corrected chi connectivity index (χ3v) is 6.64. The number of fused-ring (bicyclic) bond motifs is 3. The minimum absolute atomic E-state index is 0.0232. The number of aromatic nitrogens is 1. The van der Waals surface area contributed by atoms with Crippen molar-refractivity contribution in [3.63, 3.8) is 0 Å². The van der Waals surface area contributed by atoms with Crippen molar-refractivity contribution in [2.45, 2.75) is 12.4 Å². The van der Waals surface area contributed by atoms with E-state index >= 15 is 0 Å². The third-order valence-electron chi connectivity index (χ3n) is 6.64. The van der Waals surface area contributed by atoms with E-state index in [-0.39, 0.29) is 17.2 Å². The van der Waals surface area contributed by atoms with E-state index < -0.39 is 34.6 Å².